The summed E-state index contributed by atoms with van der Waals surface area (Å²) in [7, 11) is 5.48. The third-order valence-electron chi connectivity index (χ3n) is 4.37. The van der Waals surface area contributed by atoms with Crippen molar-refractivity contribution in [3.8, 4) is 5.75 Å². The summed E-state index contributed by atoms with van der Waals surface area (Å²) in [5, 5.41) is 6.50. The van der Waals surface area contributed by atoms with E-state index in [4.69, 9.17) is 9.47 Å². The molecule has 0 heterocycles. The lowest BCUT2D eigenvalue weighted by Gasteiger charge is -2.16. The summed E-state index contributed by atoms with van der Waals surface area (Å²) in [4.78, 5) is 6.40. The zero-order valence-corrected chi connectivity index (χ0v) is 20.2. The summed E-state index contributed by atoms with van der Waals surface area (Å²) in [5.74, 6) is 1.29. The standard InChI is InChI=1S/C22H31FN4O2.HI/c1-24-22(25-16-18-7-9-20(23)10-8-18)26-17-19-5-4-6-21(15-19)29-14-12-27(2)11-13-28-3;/h4-10,15H,11-14,16-17H2,1-3H3,(H2,24,25,26);1H. The molecule has 0 fully saturated rings. The molecule has 0 aliphatic heterocycles. The first-order valence-electron chi connectivity index (χ1n) is 9.69. The Hall–Kier alpha value is -1.91. The third-order valence-corrected chi connectivity index (χ3v) is 4.37. The number of rotatable bonds is 11. The minimum absolute atomic E-state index is 0. The van der Waals surface area contributed by atoms with Gasteiger partial charge in [-0.15, -0.1) is 24.0 Å². The highest BCUT2D eigenvalue weighted by atomic mass is 127. The number of hydrogen-bond acceptors (Lipinski definition) is 4. The highest BCUT2D eigenvalue weighted by molar-refractivity contribution is 14.0. The van der Waals surface area contributed by atoms with Crippen LogP contribution in [0.4, 0.5) is 4.39 Å². The van der Waals surface area contributed by atoms with Crippen LogP contribution in [0.5, 0.6) is 5.75 Å². The Morgan fingerprint density at radius 2 is 1.67 bits per heavy atom. The van der Waals surface area contributed by atoms with Crippen molar-refractivity contribution >= 4 is 29.9 Å². The fraction of sp³-hybridized carbons (Fsp3) is 0.409. The summed E-state index contributed by atoms with van der Waals surface area (Å²) < 4.78 is 23.9. The second-order valence-electron chi connectivity index (χ2n) is 6.70. The van der Waals surface area contributed by atoms with Crippen molar-refractivity contribution in [2.45, 2.75) is 13.1 Å². The van der Waals surface area contributed by atoms with Gasteiger partial charge in [-0.3, -0.25) is 4.99 Å². The first kappa shape index (κ1) is 26.1. The zero-order valence-electron chi connectivity index (χ0n) is 17.9. The predicted molar refractivity (Wildman–Crippen MR) is 130 cm³/mol. The maximum Gasteiger partial charge on any atom is 0.191 e. The maximum absolute atomic E-state index is 13.0. The molecular formula is C22H32FIN4O2. The number of ether oxygens (including phenoxy) is 2. The van der Waals surface area contributed by atoms with Crippen LogP contribution in [0.1, 0.15) is 11.1 Å². The number of benzene rings is 2. The maximum atomic E-state index is 13.0. The molecule has 2 rings (SSSR count). The number of guanidine groups is 1. The molecule has 0 bridgehead atoms. The second kappa shape index (κ2) is 15.0. The average molecular weight is 530 g/mol. The van der Waals surface area contributed by atoms with Crippen LogP contribution >= 0.6 is 24.0 Å². The van der Waals surface area contributed by atoms with Crippen molar-refractivity contribution in [1.82, 2.24) is 15.5 Å². The molecule has 0 aliphatic rings. The van der Waals surface area contributed by atoms with Gasteiger partial charge in [0.05, 0.1) is 6.61 Å². The van der Waals surface area contributed by atoms with Crippen LogP contribution in [0.25, 0.3) is 0 Å². The van der Waals surface area contributed by atoms with Crippen molar-refractivity contribution in [3.05, 3.63) is 65.5 Å². The van der Waals surface area contributed by atoms with E-state index in [0.717, 1.165) is 30.0 Å². The van der Waals surface area contributed by atoms with E-state index in [1.165, 1.54) is 12.1 Å². The smallest absolute Gasteiger partial charge is 0.191 e. The molecule has 30 heavy (non-hydrogen) atoms. The molecule has 2 aromatic rings. The van der Waals surface area contributed by atoms with Gasteiger partial charge in [0.15, 0.2) is 5.96 Å². The number of halogens is 2. The van der Waals surface area contributed by atoms with Gasteiger partial charge >= 0.3 is 0 Å². The fourth-order valence-corrected chi connectivity index (χ4v) is 2.62. The molecule has 0 aromatic heterocycles. The molecule has 166 valence electrons. The van der Waals surface area contributed by atoms with Gasteiger partial charge in [0.1, 0.15) is 18.2 Å². The van der Waals surface area contributed by atoms with Gasteiger partial charge in [-0.1, -0.05) is 24.3 Å². The minimum atomic E-state index is -0.236. The number of nitrogens with zero attached hydrogens (tertiary/aromatic N) is 2. The van der Waals surface area contributed by atoms with Crippen LogP contribution in [-0.2, 0) is 17.8 Å². The summed E-state index contributed by atoms with van der Waals surface area (Å²) >= 11 is 0. The largest absolute Gasteiger partial charge is 0.492 e. The number of aliphatic imine (C=N–C) groups is 1. The molecule has 0 radical (unpaired) electrons. The first-order chi connectivity index (χ1) is 14.1. The van der Waals surface area contributed by atoms with Gasteiger partial charge in [-0.25, -0.2) is 4.39 Å². The minimum Gasteiger partial charge on any atom is -0.492 e. The monoisotopic (exact) mass is 530 g/mol. The molecular weight excluding hydrogens is 498 g/mol. The van der Waals surface area contributed by atoms with Crippen LogP contribution in [0.15, 0.2) is 53.5 Å². The lowest BCUT2D eigenvalue weighted by atomic mass is 10.2. The van der Waals surface area contributed by atoms with Crippen LogP contribution < -0.4 is 15.4 Å². The number of likely N-dealkylation sites (N-methyl/N-ethyl adjacent to an activating group) is 1. The van der Waals surface area contributed by atoms with Crippen LogP contribution in [0, 0.1) is 5.82 Å². The number of hydrogen-bond donors (Lipinski definition) is 2. The van der Waals surface area contributed by atoms with Crippen molar-refractivity contribution in [1.29, 1.82) is 0 Å². The first-order valence-corrected chi connectivity index (χ1v) is 9.69. The van der Waals surface area contributed by atoms with E-state index in [-0.39, 0.29) is 29.8 Å². The quantitative estimate of drug-likeness (QED) is 0.266. The van der Waals surface area contributed by atoms with Gasteiger partial charge in [0.25, 0.3) is 0 Å². The Morgan fingerprint density at radius 1 is 1.00 bits per heavy atom. The Bertz CT molecular complexity index is 759. The Kier molecular flexibility index (Phi) is 13.0. The van der Waals surface area contributed by atoms with Gasteiger partial charge in [0.2, 0.25) is 0 Å². The van der Waals surface area contributed by atoms with E-state index in [9.17, 15) is 4.39 Å². The fourth-order valence-electron chi connectivity index (χ4n) is 2.62. The molecule has 0 spiro atoms. The molecule has 0 unspecified atom stereocenters. The summed E-state index contributed by atoms with van der Waals surface area (Å²) in [6, 6.07) is 14.4. The van der Waals surface area contributed by atoms with E-state index < -0.39 is 0 Å². The SMILES string of the molecule is CN=C(NCc1ccc(F)cc1)NCc1cccc(OCCN(C)CCOC)c1.I. The number of nitrogens with one attached hydrogen (secondary N) is 2. The van der Waals surface area contributed by atoms with Gasteiger partial charge in [-0.05, 0) is 42.4 Å². The van der Waals surface area contributed by atoms with Crippen LogP contribution in [-0.4, -0.2) is 58.4 Å². The normalized spacial score (nSPS) is 11.2. The van der Waals surface area contributed by atoms with Gasteiger partial charge in [-0.2, -0.15) is 0 Å². The highest BCUT2D eigenvalue weighted by Gasteiger charge is 2.03. The lowest BCUT2D eigenvalue weighted by Crippen LogP contribution is -2.36. The summed E-state index contributed by atoms with van der Waals surface area (Å²) in [6.45, 7) is 4.25. The summed E-state index contributed by atoms with van der Waals surface area (Å²) in [5.41, 5.74) is 2.08. The predicted octanol–water partition coefficient (Wildman–Crippen LogP) is 3.27. The van der Waals surface area contributed by atoms with E-state index in [1.807, 2.05) is 31.3 Å². The molecule has 2 N–H and O–H groups in total. The lowest BCUT2D eigenvalue weighted by molar-refractivity contribution is 0.150. The van der Waals surface area contributed by atoms with Crippen molar-refractivity contribution in [2.24, 2.45) is 4.99 Å². The molecule has 6 nitrogen and oxygen atoms in total. The van der Waals surface area contributed by atoms with Crippen molar-refractivity contribution in [2.75, 3.05) is 47.5 Å². The topological polar surface area (TPSA) is 58.1 Å². The van der Waals surface area contributed by atoms with Crippen molar-refractivity contribution in [3.63, 3.8) is 0 Å². The zero-order chi connectivity index (χ0) is 20.9. The highest BCUT2D eigenvalue weighted by Crippen LogP contribution is 2.13. The second-order valence-corrected chi connectivity index (χ2v) is 6.70. The van der Waals surface area contributed by atoms with E-state index in [0.29, 0.717) is 32.3 Å². The van der Waals surface area contributed by atoms with Gasteiger partial charge in [0, 0.05) is 40.3 Å². The average Bonchev–Trinajstić information content (AvgIpc) is 2.74. The van der Waals surface area contributed by atoms with Crippen LogP contribution in [0.3, 0.4) is 0 Å². The molecule has 0 saturated heterocycles. The van der Waals surface area contributed by atoms with E-state index >= 15 is 0 Å². The molecule has 0 aliphatic carbocycles. The number of methoxy groups -OCH3 is 1. The Balaban J connectivity index is 0.00000450. The summed E-state index contributed by atoms with van der Waals surface area (Å²) in [6.07, 6.45) is 0. The molecule has 0 amide bonds. The van der Waals surface area contributed by atoms with E-state index in [2.05, 4.69) is 20.5 Å². The third kappa shape index (κ3) is 10.2. The molecule has 0 saturated carbocycles. The molecule has 8 heteroatoms. The molecule has 0 atom stereocenters. The van der Waals surface area contributed by atoms with E-state index in [1.54, 1.807) is 26.3 Å². The Morgan fingerprint density at radius 3 is 2.33 bits per heavy atom. The Labute approximate surface area is 195 Å². The molecule has 2 aromatic carbocycles. The van der Waals surface area contributed by atoms with Gasteiger partial charge < -0.3 is 25.0 Å². The van der Waals surface area contributed by atoms with Crippen molar-refractivity contribution < 1.29 is 13.9 Å². The van der Waals surface area contributed by atoms with Crippen LogP contribution in [0.2, 0.25) is 0 Å².